The molecule has 0 aliphatic rings. The number of ether oxygens (including phenoxy) is 1. The van der Waals surface area contributed by atoms with Crippen LogP contribution in [0.1, 0.15) is 31.4 Å². The highest BCUT2D eigenvalue weighted by Gasteiger charge is 2.08. The van der Waals surface area contributed by atoms with Crippen LogP contribution in [-0.2, 0) is 6.42 Å². The number of benzene rings is 1. The summed E-state index contributed by atoms with van der Waals surface area (Å²) in [6.07, 6.45) is 2.03. The molecule has 0 saturated heterocycles. The summed E-state index contributed by atoms with van der Waals surface area (Å²) in [5.41, 5.74) is 8.38. The maximum Gasteiger partial charge on any atom is 0.121 e. The van der Waals surface area contributed by atoms with E-state index in [1.807, 2.05) is 6.07 Å². The molecule has 0 bridgehead atoms. The van der Waals surface area contributed by atoms with E-state index >= 15 is 0 Å². The summed E-state index contributed by atoms with van der Waals surface area (Å²) in [7, 11) is 1.71. The standard InChI is InChI=1S/C15H26N2O/c1-12-11-13(5-6-14(12)18-4)7-9-17-10-8-15(2,3)16/h5-6,11,17H,7-10,16H2,1-4H3. The molecular formula is C15H26N2O. The van der Waals surface area contributed by atoms with E-state index in [0.717, 1.165) is 31.7 Å². The molecule has 0 saturated carbocycles. The van der Waals surface area contributed by atoms with Gasteiger partial charge in [-0.25, -0.2) is 0 Å². The summed E-state index contributed by atoms with van der Waals surface area (Å²) >= 11 is 0. The zero-order valence-electron chi connectivity index (χ0n) is 12.0. The molecule has 1 aromatic rings. The first-order valence-electron chi connectivity index (χ1n) is 6.55. The van der Waals surface area contributed by atoms with Crippen molar-refractivity contribution in [1.29, 1.82) is 0 Å². The first-order chi connectivity index (χ1) is 8.42. The van der Waals surface area contributed by atoms with Crippen LogP contribution in [0.3, 0.4) is 0 Å². The third-order valence-corrected chi connectivity index (χ3v) is 3.00. The average Bonchev–Trinajstić information content (AvgIpc) is 2.27. The lowest BCUT2D eigenvalue weighted by Gasteiger charge is -2.18. The highest BCUT2D eigenvalue weighted by molar-refractivity contribution is 5.36. The third kappa shape index (κ3) is 5.52. The molecular weight excluding hydrogens is 224 g/mol. The molecule has 0 amide bonds. The number of hydrogen-bond donors (Lipinski definition) is 2. The molecule has 0 atom stereocenters. The van der Waals surface area contributed by atoms with Gasteiger partial charge in [-0.1, -0.05) is 12.1 Å². The van der Waals surface area contributed by atoms with Crippen molar-refractivity contribution in [3.63, 3.8) is 0 Å². The topological polar surface area (TPSA) is 47.3 Å². The van der Waals surface area contributed by atoms with Crippen LogP contribution in [0.2, 0.25) is 0 Å². The predicted molar refractivity (Wildman–Crippen MR) is 77.2 cm³/mol. The van der Waals surface area contributed by atoms with Crippen LogP contribution in [0.5, 0.6) is 5.75 Å². The van der Waals surface area contributed by atoms with Crippen LogP contribution in [0.25, 0.3) is 0 Å². The second-order valence-electron chi connectivity index (χ2n) is 5.54. The van der Waals surface area contributed by atoms with Crippen LogP contribution in [-0.4, -0.2) is 25.7 Å². The molecule has 0 heterocycles. The second kappa shape index (κ2) is 6.76. The number of nitrogens with one attached hydrogen (secondary N) is 1. The van der Waals surface area contributed by atoms with Gasteiger partial charge in [-0.05, 0) is 63.9 Å². The van der Waals surface area contributed by atoms with Gasteiger partial charge in [0, 0.05) is 5.54 Å². The van der Waals surface area contributed by atoms with Crippen LogP contribution in [0.15, 0.2) is 18.2 Å². The molecule has 1 rings (SSSR count). The summed E-state index contributed by atoms with van der Waals surface area (Å²) < 4.78 is 5.25. The fraction of sp³-hybridized carbons (Fsp3) is 0.600. The molecule has 0 unspecified atom stereocenters. The quantitative estimate of drug-likeness (QED) is 0.730. The Hall–Kier alpha value is -1.06. The Morgan fingerprint density at radius 1 is 1.28 bits per heavy atom. The Bertz CT molecular complexity index is 369. The van der Waals surface area contributed by atoms with Crippen molar-refractivity contribution in [2.45, 2.75) is 39.2 Å². The molecule has 0 aliphatic heterocycles. The van der Waals surface area contributed by atoms with Crippen LogP contribution >= 0.6 is 0 Å². The first kappa shape index (κ1) is 15.0. The van der Waals surface area contributed by atoms with Crippen LogP contribution < -0.4 is 15.8 Å². The van der Waals surface area contributed by atoms with Gasteiger partial charge in [0.05, 0.1) is 7.11 Å². The van der Waals surface area contributed by atoms with E-state index in [-0.39, 0.29) is 5.54 Å². The van der Waals surface area contributed by atoms with Crippen LogP contribution in [0.4, 0.5) is 0 Å². The summed E-state index contributed by atoms with van der Waals surface area (Å²) in [5.74, 6) is 0.955. The zero-order chi connectivity index (χ0) is 13.6. The summed E-state index contributed by atoms with van der Waals surface area (Å²) in [6, 6.07) is 6.35. The highest BCUT2D eigenvalue weighted by Crippen LogP contribution is 2.18. The van der Waals surface area contributed by atoms with Gasteiger partial charge in [0.15, 0.2) is 0 Å². The predicted octanol–water partition coefficient (Wildman–Crippen LogP) is 2.26. The molecule has 0 fully saturated rings. The molecule has 3 nitrogen and oxygen atoms in total. The number of rotatable bonds is 7. The molecule has 3 heteroatoms. The average molecular weight is 250 g/mol. The summed E-state index contributed by atoms with van der Waals surface area (Å²) in [4.78, 5) is 0. The zero-order valence-corrected chi connectivity index (χ0v) is 12.0. The van der Waals surface area contributed by atoms with Crippen molar-refractivity contribution < 1.29 is 4.74 Å². The smallest absolute Gasteiger partial charge is 0.121 e. The van der Waals surface area contributed by atoms with Gasteiger partial charge < -0.3 is 15.8 Å². The third-order valence-electron chi connectivity index (χ3n) is 3.00. The van der Waals surface area contributed by atoms with E-state index in [2.05, 4.69) is 38.2 Å². The lowest BCUT2D eigenvalue weighted by Crippen LogP contribution is -2.36. The molecule has 102 valence electrons. The highest BCUT2D eigenvalue weighted by atomic mass is 16.5. The number of methoxy groups -OCH3 is 1. The molecule has 0 radical (unpaired) electrons. The number of nitrogens with two attached hydrogens (primary N) is 1. The Morgan fingerprint density at radius 3 is 2.56 bits per heavy atom. The number of hydrogen-bond acceptors (Lipinski definition) is 3. The molecule has 18 heavy (non-hydrogen) atoms. The fourth-order valence-corrected chi connectivity index (χ4v) is 1.86. The van der Waals surface area contributed by atoms with Crippen molar-refractivity contribution in [2.24, 2.45) is 5.73 Å². The van der Waals surface area contributed by atoms with Gasteiger partial charge in [-0.2, -0.15) is 0 Å². The van der Waals surface area contributed by atoms with Gasteiger partial charge in [0.1, 0.15) is 5.75 Å². The Kier molecular flexibility index (Phi) is 5.63. The van der Waals surface area contributed by atoms with Crippen LogP contribution in [0, 0.1) is 6.92 Å². The van der Waals surface area contributed by atoms with Crippen molar-refractivity contribution in [3.8, 4) is 5.75 Å². The largest absolute Gasteiger partial charge is 0.496 e. The van der Waals surface area contributed by atoms with Gasteiger partial charge in [0.2, 0.25) is 0 Å². The minimum Gasteiger partial charge on any atom is -0.496 e. The van der Waals surface area contributed by atoms with Gasteiger partial charge in [-0.15, -0.1) is 0 Å². The van der Waals surface area contributed by atoms with Crippen molar-refractivity contribution in [2.75, 3.05) is 20.2 Å². The van der Waals surface area contributed by atoms with E-state index in [4.69, 9.17) is 10.5 Å². The lowest BCUT2D eigenvalue weighted by atomic mass is 10.0. The summed E-state index contributed by atoms with van der Waals surface area (Å²) in [5, 5.41) is 3.43. The van der Waals surface area contributed by atoms with Gasteiger partial charge in [-0.3, -0.25) is 0 Å². The molecule has 3 N–H and O–H groups in total. The van der Waals surface area contributed by atoms with E-state index in [1.165, 1.54) is 11.1 Å². The monoisotopic (exact) mass is 250 g/mol. The minimum atomic E-state index is -0.0797. The van der Waals surface area contributed by atoms with E-state index in [9.17, 15) is 0 Å². The lowest BCUT2D eigenvalue weighted by molar-refractivity contribution is 0.411. The SMILES string of the molecule is COc1ccc(CCNCCC(C)(C)N)cc1C. The normalized spacial score (nSPS) is 11.6. The second-order valence-corrected chi connectivity index (χ2v) is 5.54. The van der Waals surface area contributed by atoms with Crippen molar-refractivity contribution in [3.05, 3.63) is 29.3 Å². The fourth-order valence-electron chi connectivity index (χ4n) is 1.86. The van der Waals surface area contributed by atoms with Gasteiger partial charge >= 0.3 is 0 Å². The maximum absolute atomic E-state index is 5.93. The summed E-state index contributed by atoms with van der Waals surface area (Å²) in [6.45, 7) is 8.15. The molecule has 0 aliphatic carbocycles. The van der Waals surface area contributed by atoms with Crippen molar-refractivity contribution >= 4 is 0 Å². The van der Waals surface area contributed by atoms with E-state index < -0.39 is 0 Å². The van der Waals surface area contributed by atoms with E-state index in [0.29, 0.717) is 0 Å². The number of aryl methyl sites for hydroxylation is 1. The first-order valence-corrected chi connectivity index (χ1v) is 6.55. The molecule has 0 spiro atoms. The minimum absolute atomic E-state index is 0.0797. The van der Waals surface area contributed by atoms with E-state index in [1.54, 1.807) is 7.11 Å². The Labute approximate surface area is 111 Å². The molecule has 0 aromatic heterocycles. The Balaban J connectivity index is 2.29. The van der Waals surface area contributed by atoms with Crippen molar-refractivity contribution in [1.82, 2.24) is 5.32 Å². The maximum atomic E-state index is 5.93. The van der Waals surface area contributed by atoms with Gasteiger partial charge in [0.25, 0.3) is 0 Å². The molecule has 1 aromatic carbocycles. The Morgan fingerprint density at radius 2 is 2.00 bits per heavy atom.